The Morgan fingerprint density at radius 3 is 2.42 bits per heavy atom. The van der Waals surface area contributed by atoms with Crippen molar-refractivity contribution in [2.45, 2.75) is 69.9 Å². The molecule has 0 aromatic heterocycles. The standard InChI is InChI=1S/C28H32BrNO8/c1-4-34-26(33)19-18(21(25(31)32)30-20(19)16-10-12-17(29)13-11-16)22-23(35-14-15-8-6-5-7-9-15)24-27(36-22)38-28(2,3)37-24/h5-13,18-24,27,30H,4,14H2,1-3H3,(H,31,32)/t18-,19-,20-,21-,22-,23-,24+,27+/m0/s1. The van der Waals surface area contributed by atoms with Crippen LogP contribution < -0.4 is 5.32 Å². The summed E-state index contributed by atoms with van der Waals surface area (Å²) in [6.45, 7) is 5.74. The first-order valence-electron chi connectivity index (χ1n) is 12.8. The summed E-state index contributed by atoms with van der Waals surface area (Å²) in [4.78, 5) is 26.0. The van der Waals surface area contributed by atoms with Crippen LogP contribution in [0.5, 0.6) is 0 Å². The number of hydrogen-bond acceptors (Lipinski definition) is 8. The SMILES string of the molecule is CCOC(=O)[C@H]1[C@H]([C@@H]2O[C@@H]3OC(C)(C)O[C@@H]3[C@H]2OCc2ccccc2)[C@@H](C(=O)O)N[C@H]1c1ccc(Br)cc1. The minimum Gasteiger partial charge on any atom is -0.480 e. The molecule has 9 nitrogen and oxygen atoms in total. The van der Waals surface area contributed by atoms with Gasteiger partial charge in [-0.2, -0.15) is 0 Å². The number of ether oxygens (including phenoxy) is 5. The molecule has 0 saturated carbocycles. The molecule has 0 spiro atoms. The molecule has 0 amide bonds. The van der Waals surface area contributed by atoms with Gasteiger partial charge in [0.2, 0.25) is 0 Å². The molecule has 204 valence electrons. The van der Waals surface area contributed by atoms with Gasteiger partial charge in [0.15, 0.2) is 12.1 Å². The predicted octanol–water partition coefficient (Wildman–Crippen LogP) is 3.80. The van der Waals surface area contributed by atoms with Crippen LogP contribution in [0.4, 0.5) is 0 Å². The second-order valence-corrected chi connectivity index (χ2v) is 11.1. The molecule has 3 heterocycles. The second kappa shape index (κ2) is 11.0. The summed E-state index contributed by atoms with van der Waals surface area (Å²) in [7, 11) is 0. The van der Waals surface area contributed by atoms with Crippen LogP contribution in [-0.4, -0.2) is 60.1 Å². The van der Waals surface area contributed by atoms with Crippen LogP contribution in [0.1, 0.15) is 37.9 Å². The third-order valence-corrected chi connectivity index (χ3v) is 7.79. The normalized spacial score (nSPS) is 33.7. The highest BCUT2D eigenvalue weighted by Crippen LogP contribution is 2.48. The Bertz CT molecular complexity index is 1140. The number of aliphatic carboxylic acids is 1. The summed E-state index contributed by atoms with van der Waals surface area (Å²) < 4.78 is 31.2. The number of rotatable bonds is 8. The zero-order chi connectivity index (χ0) is 27.0. The molecule has 0 bridgehead atoms. The van der Waals surface area contributed by atoms with Crippen LogP contribution in [0.3, 0.4) is 0 Å². The van der Waals surface area contributed by atoms with Gasteiger partial charge in [-0.3, -0.25) is 14.9 Å². The molecule has 8 atom stereocenters. The molecule has 10 heteroatoms. The van der Waals surface area contributed by atoms with Gasteiger partial charge in [-0.1, -0.05) is 58.4 Å². The van der Waals surface area contributed by atoms with Gasteiger partial charge in [-0.15, -0.1) is 0 Å². The number of carbonyl (C=O) groups excluding carboxylic acids is 1. The van der Waals surface area contributed by atoms with Crippen LogP contribution in [-0.2, 0) is 39.9 Å². The van der Waals surface area contributed by atoms with E-state index in [2.05, 4.69) is 21.2 Å². The first kappa shape index (κ1) is 27.2. The van der Waals surface area contributed by atoms with Crippen molar-refractivity contribution in [2.75, 3.05) is 6.61 Å². The number of benzene rings is 2. The van der Waals surface area contributed by atoms with Crippen molar-refractivity contribution < 1.29 is 38.4 Å². The zero-order valence-corrected chi connectivity index (χ0v) is 23.0. The number of carboxylic acid groups (broad SMARTS) is 1. The van der Waals surface area contributed by atoms with Crippen LogP contribution in [0.15, 0.2) is 59.1 Å². The smallest absolute Gasteiger partial charge is 0.321 e. The van der Waals surface area contributed by atoms with Gasteiger partial charge in [-0.05, 0) is 44.0 Å². The van der Waals surface area contributed by atoms with Gasteiger partial charge in [0.1, 0.15) is 18.2 Å². The Morgan fingerprint density at radius 2 is 1.76 bits per heavy atom. The number of hydrogen-bond donors (Lipinski definition) is 2. The molecule has 0 aliphatic carbocycles. The highest BCUT2D eigenvalue weighted by atomic mass is 79.9. The van der Waals surface area contributed by atoms with Gasteiger partial charge in [0, 0.05) is 16.4 Å². The quantitative estimate of drug-likeness (QED) is 0.444. The van der Waals surface area contributed by atoms with Crippen LogP contribution >= 0.6 is 15.9 Å². The van der Waals surface area contributed by atoms with E-state index in [-0.39, 0.29) is 13.2 Å². The van der Waals surface area contributed by atoms with Crippen molar-refractivity contribution in [2.24, 2.45) is 11.8 Å². The average Bonchev–Trinajstić information content (AvgIpc) is 3.51. The molecule has 3 aliphatic heterocycles. The van der Waals surface area contributed by atoms with E-state index in [0.29, 0.717) is 0 Å². The van der Waals surface area contributed by atoms with Gasteiger partial charge in [0.05, 0.1) is 25.2 Å². The Morgan fingerprint density at radius 1 is 1.05 bits per heavy atom. The molecule has 3 saturated heterocycles. The Kier molecular flexibility index (Phi) is 7.91. The Hall–Kier alpha value is -2.34. The average molecular weight is 590 g/mol. The van der Waals surface area contributed by atoms with Crippen molar-refractivity contribution >= 4 is 27.9 Å². The van der Waals surface area contributed by atoms with Crippen molar-refractivity contribution in [3.05, 3.63) is 70.2 Å². The largest absolute Gasteiger partial charge is 0.480 e. The summed E-state index contributed by atoms with van der Waals surface area (Å²) in [6.07, 6.45) is -2.85. The number of carboxylic acids is 1. The lowest BCUT2D eigenvalue weighted by Gasteiger charge is -2.33. The van der Waals surface area contributed by atoms with E-state index in [1.807, 2.05) is 54.6 Å². The summed E-state index contributed by atoms with van der Waals surface area (Å²) >= 11 is 3.43. The highest BCUT2D eigenvalue weighted by Gasteiger charge is 2.63. The lowest BCUT2D eigenvalue weighted by Crippen LogP contribution is -2.49. The maximum Gasteiger partial charge on any atom is 0.321 e. The van der Waals surface area contributed by atoms with E-state index in [0.717, 1.165) is 15.6 Å². The third kappa shape index (κ3) is 5.38. The van der Waals surface area contributed by atoms with E-state index in [1.54, 1.807) is 20.8 Å². The van der Waals surface area contributed by atoms with E-state index in [4.69, 9.17) is 23.7 Å². The Balaban J connectivity index is 1.52. The first-order chi connectivity index (χ1) is 18.2. The van der Waals surface area contributed by atoms with E-state index >= 15 is 0 Å². The third-order valence-electron chi connectivity index (χ3n) is 7.26. The highest BCUT2D eigenvalue weighted by molar-refractivity contribution is 9.10. The summed E-state index contributed by atoms with van der Waals surface area (Å²) in [5.74, 6) is -4.14. The number of fused-ring (bicyclic) bond motifs is 1. The molecule has 2 aromatic rings. The van der Waals surface area contributed by atoms with Gasteiger partial charge in [-0.25, -0.2) is 0 Å². The number of halogens is 1. The van der Waals surface area contributed by atoms with Crippen LogP contribution in [0, 0.1) is 11.8 Å². The number of nitrogens with one attached hydrogen (secondary N) is 1. The van der Waals surface area contributed by atoms with Crippen molar-refractivity contribution in [3.63, 3.8) is 0 Å². The molecule has 0 radical (unpaired) electrons. The molecular weight excluding hydrogens is 558 g/mol. The molecule has 0 unspecified atom stereocenters. The van der Waals surface area contributed by atoms with Gasteiger partial charge < -0.3 is 28.8 Å². The summed E-state index contributed by atoms with van der Waals surface area (Å²) in [5.41, 5.74) is 1.72. The summed E-state index contributed by atoms with van der Waals surface area (Å²) in [5, 5.41) is 13.5. The predicted molar refractivity (Wildman–Crippen MR) is 139 cm³/mol. The minimum absolute atomic E-state index is 0.165. The maximum absolute atomic E-state index is 13.4. The topological polar surface area (TPSA) is 113 Å². The van der Waals surface area contributed by atoms with Crippen molar-refractivity contribution in [3.8, 4) is 0 Å². The molecule has 38 heavy (non-hydrogen) atoms. The molecule has 3 aliphatic rings. The fourth-order valence-electron chi connectivity index (χ4n) is 5.74. The molecule has 2 N–H and O–H groups in total. The van der Waals surface area contributed by atoms with Gasteiger partial charge in [0.25, 0.3) is 0 Å². The molecular formula is C28H32BrNO8. The van der Waals surface area contributed by atoms with Gasteiger partial charge >= 0.3 is 11.9 Å². The van der Waals surface area contributed by atoms with E-state index in [1.165, 1.54) is 0 Å². The lowest BCUT2D eigenvalue weighted by molar-refractivity contribution is -0.228. The number of esters is 1. The van der Waals surface area contributed by atoms with E-state index < -0.39 is 66.2 Å². The summed E-state index contributed by atoms with van der Waals surface area (Å²) in [6, 6.07) is 15.4. The fraction of sp³-hybridized carbons (Fsp3) is 0.500. The zero-order valence-electron chi connectivity index (χ0n) is 21.4. The molecule has 2 aromatic carbocycles. The first-order valence-corrected chi connectivity index (χ1v) is 13.6. The minimum atomic E-state index is -1.10. The monoisotopic (exact) mass is 589 g/mol. The number of carbonyl (C=O) groups is 2. The van der Waals surface area contributed by atoms with Crippen molar-refractivity contribution in [1.29, 1.82) is 0 Å². The second-order valence-electron chi connectivity index (χ2n) is 10.2. The van der Waals surface area contributed by atoms with Crippen LogP contribution in [0.2, 0.25) is 0 Å². The fourth-order valence-corrected chi connectivity index (χ4v) is 6.01. The molecule has 5 rings (SSSR count). The van der Waals surface area contributed by atoms with Crippen molar-refractivity contribution in [1.82, 2.24) is 5.32 Å². The lowest BCUT2D eigenvalue weighted by atomic mass is 9.79. The maximum atomic E-state index is 13.4. The van der Waals surface area contributed by atoms with E-state index in [9.17, 15) is 14.7 Å². The Labute approximate surface area is 229 Å². The van der Waals surface area contributed by atoms with Crippen LogP contribution in [0.25, 0.3) is 0 Å². The molecule has 3 fully saturated rings.